The first kappa shape index (κ1) is 12.1. The molecule has 2 aromatic rings. The van der Waals surface area contributed by atoms with Crippen LogP contribution in [0.15, 0.2) is 6.33 Å². The summed E-state index contributed by atoms with van der Waals surface area (Å²) in [5, 5.41) is 29.1. The van der Waals surface area contributed by atoms with Crippen LogP contribution in [0, 0.1) is 0 Å². The maximum absolute atomic E-state index is 9.93. The van der Waals surface area contributed by atoms with Gasteiger partial charge in [-0.2, -0.15) is 9.97 Å². The molecule has 19 heavy (non-hydrogen) atoms. The molecule has 4 atom stereocenters. The summed E-state index contributed by atoms with van der Waals surface area (Å²) in [6.45, 7) is 0. The fraction of sp³-hybridized carbons (Fsp3) is 0.500. The lowest BCUT2D eigenvalue weighted by molar-refractivity contribution is -0.0244. The van der Waals surface area contributed by atoms with Gasteiger partial charge in [-0.3, -0.25) is 0 Å². The number of anilines is 2. The summed E-state index contributed by atoms with van der Waals surface area (Å²) in [4.78, 5) is 11.9. The van der Waals surface area contributed by atoms with Gasteiger partial charge in [0, 0.05) is 0 Å². The molecule has 0 bridgehead atoms. The van der Waals surface area contributed by atoms with Gasteiger partial charge in [0.25, 0.3) is 0 Å². The lowest BCUT2D eigenvalue weighted by Crippen LogP contribution is -2.31. The van der Waals surface area contributed by atoms with E-state index in [4.69, 9.17) is 11.5 Å². The number of nitrogens with zero attached hydrogens (tertiary/aromatic N) is 4. The molecule has 1 aliphatic rings. The Bertz CT molecular complexity index is 629. The molecule has 2 aromatic heterocycles. The molecule has 2 heterocycles. The number of hydrogen-bond acceptors (Lipinski definition) is 8. The second kappa shape index (κ2) is 4.02. The van der Waals surface area contributed by atoms with Gasteiger partial charge in [-0.05, 0) is 6.42 Å². The zero-order chi connectivity index (χ0) is 13.7. The topological polar surface area (TPSA) is 156 Å². The first-order valence-corrected chi connectivity index (χ1v) is 5.78. The third-order valence-electron chi connectivity index (χ3n) is 3.44. The van der Waals surface area contributed by atoms with Crippen LogP contribution in [0.2, 0.25) is 0 Å². The van der Waals surface area contributed by atoms with Crippen molar-refractivity contribution in [2.45, 2.75) is 30.8 Å². The Kier molecular flexibility index (Phi) is 2.55. The largest absolute Gasteiger partial charge is 0.390 e. The molecule has 9 heteroatoms. The highest BCUT2D eigenvalue weighted by atomic mass is 16.4. The van der Waals surface area contributed by atoms with Crippen LogP contribution in [-0.4, -0.2) is 53.2 Å². The number of nitrogens with two attached hydrogens (primary N) is 2. The first-order chi connectivity index (χ1) is 8.99. The second-order valence-electron chi connectivity index (χ2n) is 4.64. The Balaban J connectivity index is 2.11. The number of aliphatic hydroxyl groups excluding tert-OH is 3. The van der Waals surface area contributed by atoms with E-state index in [0.29, 0.717) is 11.2 Å². The standard InChI is InChI=1S/C10H14N6O3/c11-8-5-9(15-10(12)14-8)16(2-13-5)3-1-4(17)7(19)6(3)18/h2-4,6-7,17-19H,1H2,(H4,11,12,14,15)/t3-,4+,6+,7-/m1/s1. The van der Waals surface area contributed by atoms with E-state index in [1.165, 1.54) is 6.33 Å². The molecule has 1 aliphatic carbocycles. The monoisotopic (exact) mass is 266 g/mol. The Labute approximate surface area is 107 Å². The summed E-state index contributed by atoms with van der Waals surface area (Å²) < 4.78 is 1.55. The van der Waals surface area contributed by atoms with Crippen molar-refractivity contribution in [2.75, 3.05) is 11.5 Å². The van der Waals surface area contributed by atoms with Crippen LogP contribution in [0.3, 0.4) is 0 Å². The van der Waals surface area contributed by atoms with Gasteiger partial charge in [-0.25, -0.2) is 4.98 Å². The summed E-state index contributed by atoms with van der Waals surface area (Å²) in [5.74, 6) is 0.148. The summed E-state index contributed by atoms with van der Waals surface area (Å²) in [5.41, 5.74) is 12.0. The van der Waals surface area contributed by atoms with E-state index in [2.05, 4.69) is 15.0 Å². The predicted molar refractivity (Wildman–Crippen MR) is 65.8 cm³/mol. The smallest absolute Gasteiger partial charge is 0.224 e. The maximum atomic E-state index is 9.93. The lowest BCUT2D eigenvalue weighted by atomic mass is 10.2. The van der Waals surface area contributed by atoms with E-state index in [1.807, 2.05) is 0 Å². The highest BCUT2D eigenvalue weighted by Gasteiger charge is 2.42. The Morgan fingerprint density at radius 1 is 1.16 bits per heavy atom. The number of fused-ring (bicyclic) bond motifs is 1. The number of nitrogen functional groups attached to an aromatic ring is 2. The Morgan fingerprint density at radius 3 is 2.53 bits per heavy atom. The predicted octanol–water partition coefficient (Wildman–Crippen LogP) is -1.98. The molecule has 0 unspecified atom stereocenters. The lowest BCUT2D eigenvalue weighted by Gasteiger charge is -2.17. The summed E-state index contributed by atoms with van der Waals surface area (Å²) >= 11 is 0. The molecule has 0 saturated heterocycles. The van der Waals surface area contributed by atoms with Gasteiger partial charge in [0.15, 0.2) is 11.5 Å². The van der Waals surface area contributed by atoms with Crippen molar-refractivity contribution < 1.29 is 15.3 Å². The number of hydrogen-bond donors (Lipinski definition) is 5. The third kappa shape index (κ3) is 1.70. The third-order valence-corrected chi connectivity index (χ3v) is 3.44. The minimum Gasteiger partial charge on any atom is -0.390 e. The molecule has 3 rings (SSSR count). The van der Waals surface area contributed by atoms with Gasteiger partial charge < -0.3 is 31.4 Å². The zero-order valence-corrected chi connectivity index (χ0v) is 9.88. The zero-order valence-electron chi connectivity index (χ0n) is 9.88. The Morgan fingerprint density at radius 2 is 1.89 bits per heavy atom. The Hall–Kier alpha value is -1.97. The van der Waals surface area contributed by atoms with Gasteiger partial charge in [-0.15, -0.1) is 0 Å². The highest BCUT2D eigenvalue weighted by molar-refractivity contribution is 5.82. The van der Waals surface area contributed by atoms with Crippen LogP contribution in [0.4, 0.5) is 11.8 Å². The second-order valence-corrected chi connectivity index (χ2v) is 4.64. The van der Waals surface area contributed by atoms with Crippen LogP contribution in [-0.2, 0) is 0 Å². The van der Waals surface area contributed by atoms with Gasteiger partial charge in [-0.1, -0.05) is 0 Å². The number of aromatic nitrogens is 4. The van der Waals surface area contributed by atoms with Crippen molar-refractivity contribution in [1.29, 1.82) is 0 Å². The van der Waals surface area contributed by atoms with Crippen molar-refractivity contribution in [3.63, 3.8) is 0 Å². The van der Waals surface area contributed by atoms with Gasteiger partial charge in [0.1, 0.15) is 17.7 Å². The molecule has 1 saturated carbocycles. The van der Waals surface area contributed by atoms with E-state index in [0.717, 1.165) is 0 Å². The SMILES string of the molecule is Nc1nc(N)c2ncn([C@@H]3C[C@H](O)[C@@H](O)[C@H]3O)c2n1. The average Bonchev–Trinajstić information content (AvgIpc) is 2.86. The van der Waals surface area contributed by atoms with Crippen molar-refractivity contribution in [3.05, 3.63) is 6.33 Å². The van der Waals surface area contributed by atoms with Gasteiger partial charge in [0.05, 0.1) is 18.5 Å². The normalized spacial score (nSPS) is 31.1. The van der Waals surface area contributed by atoms with Crippen molar-refractivity contribution in [3.8, 4) is 0 Å². The number of rotatable bonds is 1. The molecule has 0 aliphatic heterocycles. The molecule has 0 spiro atoms. The van der Waals surface area contributed by atoms with Crippen molar-refractivity contribution in [1.82, 2.24) is 19.5 Å². The van der Waals surface area contributed by atoms with Gasteiger partial charge in [0.2, 0.25) is 5.95 Å². The van der Waals surface area contributed by atoms with Crippen LogP contribution in [0.1, 0.15) is 12.5 Å². The fourth-order valence-corrected chi connectivity index (χ4v) is 2.46. The minimum absolute atomic E-state index is 0.000309. The molecule has 9 nitrogen and oxygen atoms in total. The van der Waals surface area contributed by atoms with Crippen LogP contribution in [0.5, 0.6) is 0 Å². The van der Waals surface area contributed by atoms with Crippen molar-refractivity contribution >= 4 is 22.9 Å². The van der Waals surface area contributed by atoms with E-state index in [9.17, 15) is 15.3 Å². The molecule has 0 radical (unpaired) electrons. The molecule has 0 aromatic carbocycles. The average molecular weight is 266 g/mol. The number of imidazole rings is 1. The summed E-state index contributed by atoms with van der Waals surface area (Å²) in [6, 6.07) is -0.538. The minimum atomic E-state index is -1.20. The molecular weight excluding hydrogens is 252 g/mol. The van der Waals surface area contributed by atoms with Crippen molar-refractivity contribution in [2.24, 2.45) is 0 Å². The quantitative estimate of drug-likeness (QED) is 0.397. The van der Waals surface area contributed by atoms with E-state index < -0.39 is 24.4 Å². The van der Waals surface area contributed by atoms with Gasteiger partial charge >= 0.3 is 0 Å². The fourth-order valence-electron chi connectivity index (χ4n) is 2.46. The van der Waals surface area contributed by atoms with Crippen LogP contribution < -0.4 is 11.5 Å². The summed E-state index contributed by atoms with van der Waals surface area (Å²) in [7, 11) is 0. The van der Waals surface area contributed by atoms with Crippen LogP contribution in [0.25, 0.3) is 11.2 Å². The summed E-state index contributed by atoms with van der Waals surface area (Å²) in [6.07, 6.45) is -1.66. The van der Waals surface area contributed by atoms with E-state index >= 15 is 0 Å². The van der Waals surface area contributed by atoms with Crippen LogP contribution >= 0.6 is 0 Å². The molecule has 1 fully saturated rings. The highest BCUT2D eigenvalue weighted by Crippen LogP contribution is 2.33. The number of aliphatic hydroxyl groups is 3. The molecule has 7 N–H and O–H groups in total. The van der Waals surface area contributed by atoms with E-state index in [-0.39, 0.29) is 18.2 Å². The molecule has 0 amide bonds. The first-order valence-electron chi connectivity index (χ1n) is 5.78. The maximum Gasteiger partial charge on any atom is 0.224 e. The molecular formula is C10H14N6O3. The van der Waals surface area contributed by atoms with E-state index in [1.54, 1.807) is 4.57 Å². The molecule has 102 valence electrons.